The summed E-state index contributed by atoms with van der Waals surface area (Å²) >= 11 is 10.6. The third-order valence-electron chi connectivity index (χ3n) is 3.48. The average molecular weight is 483 g/mol. The molecule has 112 valence electrons. The Balaban J connectivity index is 2.40. The lowest BCUT2D eigenvalue weighted by Gasteiger charge is -2.31. The van der Waals surface area contributed by atoms with Crippen molar-refractivity contribution in [2.24, 2.45) is 0 Å². The molecule has 0 unspecified atom stereocenters. The maximum Gasteiger partial charge on any atom is 0.159 e. The van der Waals surface area contributed by atoms with Crippen molar-refractivity contribution < 1.29 is 8.78 Å². The third kappa shape index (κ3) is 3.93. The third-order valence-corrected chi connectivity index (χ3v) is 6.12. The quantitative estimate of drug-likeness (QED) is 0.459. The monoisotopic (exact) mass is 480 g/mol. The van der Waals surface area contributed by atoms with Crippen molar-refractivity contribution in [3.05, 3.63) is 69.7 Å². The summed E-state index contributed by atoms with van der Waals surface area (Å²) in [5.74, 6) is -1.62. The summed E-state index contributed by atoms with van der Waals surface area (Å²) in [5.41, 5.74) is 1.68. The fourth-order valence-corrected chi connectivity index (χ4v) is 4.62. The first-order valence-corrected chi connectivity index (χ1v) is 9.36. The van der Waals surface area contributed by atoms with E-state index in [0.29, 0.717) is 17.1 Å². The lowest BCUT2D eigenvalue weighted by Crippen LogP contribution is -2.33. The van der Waals surface area contributed by atoms with Crippen molar-refractivity contribution in [1.82, 2.24) is 0 Å². The molecule has 0 heterocycles. The number of benzene rings is 2. The Bertz CT molecular complexity index is 625. The zero-order valence-electron chi connectivity index (χ0n) is 11.1. The van der Waals surface area contributed by atoms with Crippen LogP contribution in [0.25, 0.3) is 0 Å². The predicted molar refractivity (Wildman–Crippen MR) is 93.5 cm³/mol. The van der Waals surface area contributed by atoms with E-state index in [-0.39, 0.29) is 5.41 Å². The van der Waals surface area contributed by atoms with Crippen LogP contribution in [0.2, 0.25) is 0 Å². The minimum atomic E-state index is -0.815. The molecule has 0 spiro atoms. The number of hydrogen-bond acceptors (Lipinski definition) is 0. The Labute approximate surface area is 148 Å². The van der Waals surface area contributed by atoms with E-state index in [0.717, 1.165) is 15.6 Å². The lowest BCUT2D eigenvalue weighted by atomic mass is 9.79. The SMILES string of the molecule is Fc1ccc(CC(CBr)(CBr)c2cccc(Br)c2)cc1F. The molecule has 5 heteroatoms. The van der Waals surface area contributed by atoms with Crippen LogP contribution in [0.3, 0.4) is 0 Å². The molecule has 0 aromatic heterocycles. The van der Waals surface area contributed by atoms with Crippen molar-refractivity contribution in [3.63, 3.8) is 0 Å². The molecule has 0 fully saturated rings. The van der Waals surface area contributed by atoms with Gasteiger partial charge in [0.1, 0.15) is 0 Å². The van der Waals surface area contributed by atoms with Crippen LogP contribution < -0.4 is 0 Å². The maximum atomic E-state index is 13.4. The summed E-state index contributed by atoms with van der Waals surface area (Å²) in [4.78, 5) is 0. The first-order valence-electron chi connectivity index (χ1n) is 6.33. The van der Waals surface area contributed by atoms with E-state index in [4.69, 9.17) is 0 Å². The molecule has 0 aliphatic heterocycles. The van der Waals surface area contributed by atoms with Crippen LogP contribution in [0.15, 0.2) is 46.9 Å². The lowest BCUT2D eigenvalue weighted by molar-refractivity contribution is 0.501. The van der Waals surface area contributed by atoms with Gasteiger partial charge in [-0.25, -0.2) is 8.78 Å². The highest BCUT2D eigenvalue weighted by Crippen LogP contribution is 2.34. The van der Waals surface area contributed by atoms with Gasteiger partial charge in [0.05, 0.1) is 0 Å². The van der Waals surface area contributed by atoms with Gasteiger partial charge in [0.25, 0.3) is 0 Å². The van der Waals surface area contributed by atoms with Gasteiger partial charge in [0.15, 0.2) is 11.6 Å². The zero-order chi connectivity index (χ0) is 15.5. The standard InChI is InChI=1S/C16H13Br3F2/c17-9-16(10-18,12-2-1-3-13(19)7-12)8-11-4-5-14(20)15(21)6-11/h1-7H,8-10H2. The summed E-state index contributed by atoms with van der Waals surface area (Å²) < 4.78 is 27.5. The van der Waals surface area contributed by atoms with Crippen LogP contribution in [0.1, 0.15) is 11.1 Å². The molecule has 0 atom stereocenters. The molecule has 0 amide bonds. The highest BCUT2D eigenvalue weighted by atomic mass is 79.9. The van der Waals surface area contributed by atoms with Crippen LogP contribution >= 0.6 is 47.8 Å². The van der Waals surface area contributed by atoms with Crippen molar-refractivity contribution >= 4 is 47.8 Å². The summed E-state index contributed by atoms with van der Waals surface area (Å²) in [6, 6.07) is 12.1. The highest BCUT2D eigenvalue weighted by molar-refractivity contribution is 9.10. The van der Waals surface area contributed by atoms with Gasteiger partial charge in [0, 0.05) is 20.5 Å². The molecular formula is C16H13Br3F2. The van der Waals surface area contributed by atoms with Gasteiger partial charge in [-0.05, 0) is 41.8 Å². The van der Waals surface area contributed by atoms with Crippen molar-refractivity contribution in [2.75, 3.05) is 10.7 Å². The summed E-state index contributed by atoms with van der Waals surface area (Å²) in [5, 5.41) is 1.42. The molecule has 0 nitrogen and oxygen atoms in total. The Morgan fingerprint density at radius 1 is 0.905 bits per heavy atom. The van der Waals surface area contributed by atoms with Gasteiger partial charge in [-0.3, -0.25) is 0 Å². The molecule has 2 aromatic carbocycles. The van der Waals surface area contributed by atoms with E-state index >= 15 is 0 Å². The van der Waals surface area contributed by atoms with Crippen LogP contribution in [-0.4, -0.2) is 10.7 Å². The smallest absolute Gasteiger partial charge is 0.159 e. The molecule has 0 saturated carbocycles. The first kappa shape index (κ1) is 17.1. The molecule has 0 saturated heterocycles. The number of rotatable bonds is 5. The van der Waals surface area contributed by atoms with E-state index in [1.807, 2.05) is 18.2 Å². The Morgan fingerprint density at radius 2 is 1.62 bits per heavy atom. The molecule has 0 N–H and O–H groups in total. The Hall–Kier alpha value is -0.260. The van der Waals surface area contributed by atoms with E-state index in [2.05, 4.69) is 53.9 Å². The largest absolute Gasteiger partial charge is 0.204 e. The van der Waals surface area contributed by atoms with Crippen LogP contribution in [0.5, 0.6) is 0 Å². The molecule has 2 aromatic rings. The Morgan fingerprint density at radius 3 is 2.19 bits per heavy atom. The van der Waals surface area contributed by atoms with Gasteiger partial charge >= 0.3 is 0 Å². The summed E-state index contributed by atoms with van der Waals surface area (Å²) in [6.45, 7) is 0. The van der Waals surface area contributed by atoms with Gasteiger partial charge < -0.3 is 0 Å². The minimum absolute atomic E-state index is 0.228. The second kappa shape index (κ2) is 7.34. The Kier molecular flexibility index (Phi) is 5.97. The van der Waals surface area contributed by atoms with E-state index in [1.165, 1.54) is 12.1 Å². The van der Waals surface area contributed by atoms with Crippen LogP contribution in [0, 0.1) is 11.6 Å². The molecular weight excluding hydrogens is 470 g/mol. The average Bonchev–Trinajstić information content (AvgIpc) is 2.48. The second-order valence-electron chi connectivity index (χ2n) is 4.98. The minimum Gasteiger partial charge on any atom is -0.204 e. The van der Waals surface area contributed by atoms with Gasteiger partial charge in [-0.15, -0.1) is 0 Å². The molecule has 0 aliphatic carbocycles. The van der Waals surface area contributed by atoms with Crippen molar-refractivity contribution in [1.29, 1.82) is 0 Å². The molecule has 21 heavy (non-hydrogen) atoms. The van der Waals surface area contributed by atoms with Crippen molar-refractivity contribution in [3.8, 4) is 0 Å². The molecule has 0 radical (unpaired) electrons. The van der Waals surface area contributed by atoms with Crippen LogP contribution in [-0.2, 0) is 11.8 Å². The van der Waals surface area contributed by atoms with Crippen molar-refractivity contribution in [2.45, 2.75) is 11.8 Å². The maximum absolute atomic E-state index is 13.4. The fourth-order valence-electron chi connectivity index (χ4n) is 2.25. The number of hydrogen-bond donors (Lipinski definition) is 0. The van der Waals surface area contributed by atoms with Gasteiger partial charge in [-0.1, -0.05) is 66.0 Å². The molecule has 0 bridgehead atoms. The first-order chi connectivity index (χ1) is 10.0. The predicted octanol–water partition coefficient (Wildman–Crippen LogP) is 6.00. The number of alkyl halides is 2. The highest BCUT2D eigenvalue weighted by Gasteiger charge is 2.31. The van der Waals surface area contributed by atoms with Gasteiger partial charge in [-0.2, -0.15) is 0 Å². The topological polar surface area (TPSA) is 0 Å². The summed E-state index contributed by atoms with van der Waals surface area (Å²) in [7, 11) is 0. The van der Waals surface area contributed by atoms with Crippen LogP contribution in [0.4, 0.5) is 8.78 Å². The second-order valence-corrected chi connectivity index (χ2v) is 7.02. The fraction of sp³-hybridized carbons (Fsp3) is 0.250. The van der Waals surface area contributed by atoms with E-state index in [1.54, 1.807) is 6.07 Å². The number of halogens is 5. The summed E-state index contributed by atoms with van der Waals surface area (Å²) in [6.07, 6.45) is 0.608. The van der Waals surface area contributed by atoms with E-state index < -0.39 is 11.6 Å². The van der Waals surface area contributed by atoms with Gasteiger partial charge in [0.2, 0.25) is 0 Å². The zero-order valence-corrected chi connectivity index (χ0v) is 15.8. The molecule has 0 aliphatic rings. The normalized spacial score (nSPS) is 11.7. The van der Waals surface area contributed by atoms with E-state index in [9.17, 15) is 8.78 Å². The molecule has 2 rings (SSSR count).